The highest BCUT2D eigenvalue weighted by molar-refractivity contribution is 6.04. The molecule has 184 valence electrons. The summed E-state index contributed by atoms with van der Waals surface area (Å²) in [6.07, 6.45) is -1.46. The first kappa shape index (κ1) is 24.2. The maximum atomic E-state index is 13.5. The van der Waals surface area contributed by atoms with Crippen molar-refractivity contribution in [3.05, 3.63) is 60.1 Å². The number of oxazole rings is 1. The number of halogens is 3. The van der Waals surface area contributed by atoms with E-state index in [2.05, 4.69) is 20.6 Å². The van der Waals surface area contributed by atoms with Crippen LogP contribution in [0.25, 0.3) is 11.5 Å². The molecule has 4 rings (SSSR count). The minimum Gasteiger partial charge on any atom is -0.466 e. The predicted molar refractivity (Wildman–Crippen MR) is 121 cm³/mol. The smallest absolute Gasteiger partial charge is 0.452 e. The van der Waals surface area contributed by atoms with Crippen LogP contribution in [0.5, 0.6) is 0 Å². The number of hydrogen-bond acceptors (Lipinski definition) is 7. The molecule has 35 heavy (non-hydrogen) atoms. The number of nitrogens with one attached hydrogen (secondary N) is 2. The summed E-state index contributed by atoms with van der Waals surface area (Å²) < 4.78 is 50.4. The fourth-order valence-electron chi connectivity index (χ4n) is 3.91. The van der Waals surface area contributed by atoms with Gasteiger partial charge in [0.25, 0.3) is 5.91 Å². The molecule has 2 N–H and O–H groups in total. The first-order valence-corrected chi connectivity index (χ1v) is 11.1. The van der Waals surface area contributed by atoms with E-state index < -0.39 is 23.5 Å². The van der Waals surface area contributed by atoms with Crippen LogP contribution in [0, 0.1) is 5.92 Å². The third kappa shape index (κ3) is 5.79. The van der Waals surface area contributed by atoms with Gasteiger partial charge in [-0.15, -0.1) is 0 Å². The molecule has 0 unspecified atom stereocenters. The highest BCUT2D eigenvalue weighted by Gasteiger charge is 2.42. The number of nitrogens with zero attached hydrogens (tertiary/aromatic N) is 2. The second-order valence-corrected chi connectivity index (χ2v) is 8.05. The highest BCUT2D eigenvalue weighted by atomic mass is 19.4. The molecule has 0 saturated heterocycles. The van der Waals surface area contributed by atoms with E-state index in [4.69, 9.17) is 9.15 Å². The zero-order chi connectivity index (χ0) is 25.0. The molecule has 1 aliphatic carbocycles. The van der Waals surface area contributed by atoms with Crippen molar-refractivity contribution in [3.63, 3.8) is 0 Å². The summed E-state index contributed by atoms with van der Waals surface area (Å²) in [4.78, 5) is 32.5. The summed E-state index contributed by atoms with van der Waals surface area (Å²) in [5.74, 6) is -2.70. The molecule has 11 heteroatoms. The molecule has 0 bridgehead atoms. The van der Waals surface area contributed by atoms with Gasteiger partial charge in [-0.05, 0) is 50.5 Å². The lowest BCUT2D eigenvalue weighted by Crippen LogP contribution is -2.20. The van der Waals surface area contributed by atoms with Gasteiger partial charge < -0.3 is 19.8 Å². The number of pyridine rings is 1. The van der Waals surface area contributed by atoms with E-state index in [1.54, 1.807) is 31.2 Å². The molecular formula is C24H23F3N4O4. The molecule has 3 aromatic rings. The number of hydrogen-bond donors (Lipinski definition) is 2. The molecule has 0 spiro atoms. The largest absolute Gasteiger partial charge is 0.466 e. The van der Waals surface area contributed by atoms with E-state index in [0.717, 1.165) is 12.8 Å². The molecule has 1 saturated carbocycles. The summed E-state index contributed by atoms with van der Waals surface area (Å²) in [6, 6.07) is 11.1. The van der Waals surface area contributed by atoms with Gasteiger partial charge in [-0.3, -0.25) is 9.59 Å². The van der Waals surface area contributed by atoms with Gasteiger partial charge in [-0.25, -0.2) is 9.97 Å². The lowest BCUT2D eigenvalue weighted by atomic mass is 10.1. The zero-order valence-corrected chi connectivity index (χ0v) is 18.8. The number of alkyl halides is 3. The van der Waals surface area contributed by atoms with Gasteiger partial charge in [0.15, 0.2) is 5.69 Å². The van der Waals surface area contributed by atoms with Gasteiger partial charge >= 0.3 is 12.1 Å². The first-order valence-electron chi connectivity index (χ1n) is 11.1. The van der Waals surface area contributed by atoms with Crippen LogP contribution in [0.15, 0.2) is 53.1 Å². The van der Waals surface area contributed by atoms with Crippen molar-refractivity contribution >= 4 is 23.4 Å². The number of rotatable bonds is 7. The average molecular weight is 488 g/mol. The normalized spacial score (nSPS) is 17.7. The number of carbonyl (C=O) groups excluding carboxylic acids is 2. The molecular weight excluding hydrogens is 465 g/mol. The summed E-state index contributed by atoms with van der Waals surface area (Å²) in [6.45, 7) is 2.11. The Bertz CT molecular complexity index is 1180. The van der Waals surface area contributed by atoms with Crippen LogP contribution >= 0.6 is 0 Å². The van der Waals surface area contributed by atoms with E-state index in [1.165, 1.54) is 24.4 Å². The number of carbonyl (C=O) groups is 2. The van der Waals surface area contributed by atoms with E-state index in [9.17, 15) is 22.8 Å². The van der Waals surface area contributed by atoms with E-state index >= 15 is 0 Å². The van der Waals surface area contributed by atoms with Gasteiger partial charge in [0.1, 0.15) is 5.82 Å². The van der Waals surface area contributed by atoms with Crippen LogP contribution in [0.4, 0.5) is 24.7 Å². The lowest BCUT2D eigenvalue weighted by molar-refractivity contribution is -0.153. The molecule has 2 heterocycles. The fourth-order valence-corrected chi connectivity index (χ4v) is 3.91. The fraction of sp³-hybridized carbons (Fsp3) is 0.333. The van der Waals surface area contributed by atoms with Crippen LogP contribution in [0.2, 0.25) is 0 Å². The number of anilines is 2. The molecule has 2 atom stereocenters. The molecule has 1 amide bonds. The minimum absolute atomic E-state index is 0.0400. The quantitative estimate of drug-likeness (QED) is 0.443. The van der Waals surface area contributed by atoms with Crippen molar-refractivity contribution in [3.8, 4) is 11.5 Å². The van der Waals surface area contributed by atoms with Crippen LogP contribution < -0.4 is 10.6 Å². The van der Waals surface area contributed by atoms with E-state index in [-0.39, 0.29) is 29.5 Å². The molecule has 1 aromatic carbocycles. The number of esters is 1. The second-order valence-electron chi connectivity index (χ2n) is 8.05. The van der Waals surface area contributed by atoms with Gasteiger partial charge in [0.05, 0.1) is 24.4 Å². The standard InChI is InChI=1S/C24H23F3N4O4/c1-2-34-23(33)15-8-9-16(12-15)29-18-11-10-17(13-28-18)30-21(32)19-20(24(25,26)27)35-22(31-19)14-6-4-3-5-7-14/h3-7,10-11,13,15-16H,2,8-9,12H2,1H3,(H,28,29)(H,30,32)/t15-,16+/m1/s1. The molecule has 0 radical (unpaired) electrons. The Labute approximate surface area is 198 Å². The summed E-state index contributed by atoms with van der Waals surface area (Å²) >= 11 is 0. The first-order chi connectivity index (χ1) is 16.7. The predicted octanol–water partition coefficient (Wildman–Crippen LogP) is 5.15. The van der Waals surface area contributed by atoms with Gasteiger partial charge in [0, 0.05) is 11.6 Å². The Balaban J connectivity index is 1.42. The van der Waals surface area contributed by atoms with Crippen LogP contribution in [-0.4, -0.2) is 34.5 Å². The molecule has 0 aliphatic heterocycles. The van der Waals surface area contributed by atoms with Crippen LogP contribution in [0.3, 0.4) is 0 Å². The van der Waals surface area contributed by atoms with E-state index in [1.807, 2.05) is 0 Å². The monoisotopic (exact) mass is 488 g/mol. The Morgan fingerprint density at radius 2 is 1.91 bits per heavy atom. The van der Waals surface area contributed by atoms with Crippen molar-refractivity contribution in [2.45, 2.75) is 38.4 Å². The second kappa shape index (κ2) is 10.2. The van der Waals surface area contributed by atoms with Gasteiger partial charge in [-0.2, -0.15) is 13.2 Å². The Morgan fingerprint density at radius 1 is 1.14 bits per heavy atom. The van der Waals surface area contributed by atoms with E-state index in [0.29, 0.717) is 24.4 Å². The average Bonchev–Trinajstić information content (AvgIpc) is 3.49. The van der Waals surface area contributed by atoms with Gasteiger partial charge in [-0.1, -0.05) is 18.2 Å². The summed E-state index contributed by atoms with van der Waals surface area (Å²) in [5.41, 5.74) is -0.366. The zero-order valence-electron chi connectivity index (χ0n) is 18.8. The third-order valence-corrected chi connectivity index (χ3v) is 5.55. The highest BCUT2D eigenvalue weighted by Crippen LogP contribution is 2.35. The molecule has 1 fully saturated rings. The van der Waals surface area contributed by atoms with Crippen molar-refractivity contribution < 1.29 is 31.9 Å². The van der Waals surface area contributed by atoms with Crippen LogP contribution in [-0.2, 0) is 15.7 Å². The number of aromatic nitrogens is 2. The Kier molecular flexibility index (Phi) is 7.04. The topological polar surface area (TPSA) is 106 Å². The van der Waals surface area contributed by atoms with Crippen LogP contribution in [0.1, 0.15) is 42.4 Å². The van der Waals surface area contributed by atoms with Gasteiger partial charge in [0.2, 0.25) is 11.7 Å². The SMILES string of the molecule is CCOC(=O)[C@@H]1CC[C@H](Nc2ccc(NC(=O)c3nc(-c4ccccc4)oc3C(F)(F)F)cn2)C1. The number of benzene rings is 1. The lowest BCUT2D eigenvalue weighted by Gasteiger charge is -2.14. The summed E-state index contributed by atoms with van der Waals surface area (Å²) in [7, 11) is 0. The molecule has 1 aliphatic rings. The maximum absolute atomic E-state index is 13.5. The van der Waals surface area contributed by atoms with Crippen molar-refractivity contribution in [2.75, 3.05) is 17.2 Å². The van der Waals surface area contributed by atoms with Crippen molar-refractivity contribution in [2.24, 2.45) is 5.92 Å². The third-order valence-electron chi connectivity index (χ3n) is 5.55. The summed E-state index contributed by atoms with van der Waals surface area (Å²) in [5, 5.41) is 5.60. The number of ether oxygens (including phenoxy) is 1. The van der Waals surface area contributed by atoms with Crippen molar-refractivity contribution in [1.82, 2.24) is 9.97 Å². The molecule has 2 aromatic heterocycles. The Morgan fingerprint density at radius 3 is 2.57 bits per heavy atom. The number of amides is 1. The molecule has 8 nitrogen and oxygen atoms in total. The Hall–Kier alpha value is -3.89. The maximum Gasteiger partial charge on any atom is 0.452 e. The van der Waals surface area contributed by atoms with Crippen molar-refractivity contribution in [1.29, 1.82) is 0 Å². The minimum atomic E-state index is -4.90.